The van der Waals surface area contributed by atoms with Crippen LogP contribution in [0.1, 0.15) is 53.6 Å². The zero-order valence-electron chi connectivity index (χ0n) is 17.6. The lowest BCUT2D eigenvalue weighted by molar-refractivity contribution is -0.141. The van der Waals surface area contributed by atoms with Crippen LogP contribution in [-0.2, 0) is 23.2 Å². The lowest BCUT2D eigenvalue weighted by atomic mass is 9.94. The second-order valence-electron chi connectivity index (χ2n) is 8.61. The highest BCUT2D eigenvalue weighted by atomic mass is 79.9. The SMILES string of the molecule is O=C([C@H](O)c1cccc(Br)c1)N1CCCc2nc(C3(c4ccccc4)CC3)[nH]c(=O)c2C1. The number of nitrogens with zero attached hydrogens (tertiary/aromatic N) is 2. The van der Waals surface area contributed by atoms with Crippen LogP contribution >= 0.6 is 15.9 Å². The molecule has 0 bridgehead atoms. The third kappa shape index (κ3) is 3.80. The second kappa shape index (κ2) is 8.30. The van der Waals surface area contributed by atoms with Crippen LogP contribution in [0.2, 0.25) is 0 Å². The van der Waals surface area contributed by atoms with E-state index in [-0.39, 0.29) is 17.5 Å². The highest BCUT2D eigenvalue weighted by Gasteiger charge is 2.48. The van der Waals surface area contributed by atoms with E-state index in [0.29, 0.717) is 30.5 Å². The summed E-state index contributed by atoms with van der Waals surface area (Å²) in [6.45, 7) is 0.624. The van der Waals surface area contributed by atoms with Crippen molar-refractivity contribution in [1.29, 1.82) is 0 Å². The van der Waals surface area contributed by atoms with E-state index < -0.39 is 12.0 Å². The van der Waals surface area contributed by atoms with Crippen LogP contribution in [-0.4, -0.2) is 32.4 Å². The Kier molecular flexibility index (Phi) is 5.47. The van der Waals surface area contributed by atoms with Gasteiger partial charge in [-0.25, -0.2) is 4.98 Å². The van der Waals surface area contributed by atoms with Crippen molar-refractivity contribution in [3.8, 4) is 0 Å². The van der Waals surface area contributed by atoms with Gasteiger partial charge in [-0.1, -0.05) is 58.4 Å². The maximum atomic E-state index is 13.1. The number of carbonyl (C=O) groups excluding carboxylic acids is 1. The summed E-state index contributed by atoms with van der Waals surface area (Å²) in [5.41, 5.74) is 2.57. The highest BCUT2D eigenvalue weighted by molar-refractivity contribution is 9.10. The Bertz CT molecular complexity index is 1220. The summed E-state index contributed by atoms with van der Waals surface area (Å²) >= 11 is 3.37. The van der Waals surface area contributed by atoms with Crippen molar-refractivity contribution in [3.05, 3.63) is 97.6 Å². The first-order valence-electron chi connectivity index (χ1n) is 10.9. The van der Waals surface area contributed by atoms with E-state index in [1.54, 1.807) is 23.1 Å². The van der Waals surface area contributed by atoms with Crippen molar-refractivity contribution in [3.63, 3.8) is 0 Å². The summed E-state index contributed by atoms with van der Waals surface area (Å²) in [4.78, 5) is 35.6. The first kappa shape index (κ1) is 21.1. The first-order valence-corrected chi connectivity index (χ1v) is 11.7. The molecule has 1 amide bonds. The maximum Gasteiger partial charge on any atom is 0.256 e. The average Bonchev–Trinajstić information content (AvgIpc) is 3.63. The monoisotopic (exact) mass is 493 g/mol. The minimum Gasteiger partial charge on any atom is -0.378 e. The Hall–Kier alpha value is -2.77. The van der Waals surface area contributed by atoms with Crippen LogP contribution in [0.4, 0.5) is 0 Å². The molecule has 1 aromatic heterocycles. The predicted molar refractivity (Wildman–Crippen MR) is 124 cm³/mol. The lowest BCUT2D eigenvalue weighted by Crippen LogP contribution is -2.36. The molecule has 1 atom stereocenters. The smallest absolute Gasteiger partial charge is 0.256 e. The minimum absolute atomic E-state index is 0.153. The molecule has 3 aromatic rings. The zero-order chi connectivity index (χ0) is 22.3. The number of nitrogens with one attached hydrogen (secondary N) is 1. The van der Waals surface area contributed by atoms with E-state index in [9.17, 15) is 14.7 Å². The number of aliphatic hydroxyl groups is 1. The molecule has 164 valence electrons. The minimum atomic E-state index is -1.27. The van der Waals surface area contributed by atoms with Gasteiger partial charge in [0.1, 0.15) is 5.82 Å². The van der Waals surface area contributed by atoms with Crippen LogP contribution in [0.15, 0.2) is 63.9 Å². The van der Waals surface area contributed by atoms with Crippen molar-refractivity contribution in [2.24, 2.45) is 0 Å². The molecule has 2 N–H and O–H groups in total. The van der Waals surface area contributed by atoms with Gasteiger partial charge in [0.2, 0.25) is 0 Å². The van der Waals surface area contributed by atoms with Gasteiger partial charge in [0, 0.05) is 11.0 Å². The fourth-order valence-corrected chi connectivity index (χ4v) is 4.99. The molecule has 0 unspecified atom stereocenters. The summed E-state index contributed by atoms with van der Waals surface area (Å²) < 4.78 is 0.795. The van der Waals surface area contributed by atoms with Crippen molar-refractivity contribution >= 4 is 21.8 Å². The molecular weight excluding hydrogens is 470 g/mol. The number of rotatable bonds is 4. The fourth-order valence-electron chi connectivity index (χ4n) is 4.57. The van der Waals surface area contributed by atoms with Crippen LogP contribution in [0.3, 0.4) is 0 Å². The van der Waals surface area contributed by atoms with Gasteiger partial charge in [-0.05, 0) is 48.9 Å². The van der Waals surface area contributed by atoms with E-state index in [1.807, 2.05) is 24.3 Å². The molecule has 7 heteroatoms. The quantitative estimate of drug-likeness (QED) is 0.580. The molecule has 1 saturated carbocycles. The lowest BCUT2D eigenvalue weighted by Gasteiger charge is -2.24. The van der Waals surface area contributed by atoms with Gasteiger partial charge >= 0.3 is 0 Å². The molecule has 1 fully saturated rings. The number of hydrogen-bond acceptors (Lipinski definition) is 4. The first-order chi connectivity index (χ1) is 15.5. The van der Waals surface area contributed by atoms with Gasteiger partial charge in [-0.15, -0.1) is 0 Å². The van der Waals surface area contributed by atoms with Crippen molar-refractivity contribution < 1.29 is 9.90 Å². The molecule has 1 aliphatic heterocycles. The molecule has 2 aliphatic rings. The van der Waals surface area contributed by atoms with Crippen molar-refractivity contribution in [1.82, 2.24) is 14.9 Å². The van der Waals surface area contributed by atoms with Crippen LogP contribution in [0.5, 0.6) is 0 Å². The van der Waals surface area contributed by atoms with Gasteiger partial charge in [0.05, 0.1) is 23.2 Å². The number of halogens is 1. The molecule has 1 aliphatic carbocycles. The number of carbonyl (C=O) groups is 1. The average molecular weight is 494 g/mol. The van der Waals surface area contributed by atoms with Crippen LogP contribution in [0.25, 0.3) is 0 Å². The molecule has 0 saturated heterocycles. The van der Waals surface area contributed by atoms with Crippen molar-refractivity contribution in [2.45, 2.75) is 43.7 Å². The van der Waals surface area contributed by atoms with E-state index in [0.717, 1.165) is 28.8 Å². The largest absolute Gasteiger partial charge is 0.378 e. The predicted octanol–water partition coefficient (Wildman–Crippen LogP) is 3.62. The van der Waals surface area contributed by atoms with E-state index in [4.69, 9.17) is 4.98 Å². The van der Waals surface area contributed by atoms with Gasteiger partial charge in [-0.2, -0.15) is 0 Å². The summed E-state index contributed by atoms with van der Waals surface area (Å²) in [6, 6.07) is 17.3. The molecular formula is C25H24BrN3O3. The Morgan fingerprint density at radius 1 is 1.16 bits per heavy atom. The van der Waals surface area contributed by atoms with Crippen molar-refractivity contribution in [2.75, 3.05) is 6.54 Å². The van der Waals surface area contributed by atoms with Gasteiger partial charge in [0.25, 0.3) is 11.5 Å². The number of benzene rings is 2. The van der Waals surface area contributed by atoms with Crippen LogP contribution in [0, 0.1) is 0 Å². The molecule has 0 radical (unpaired) electrons. The zero-order valence-corrected chi connectivity index (χ0v) is 19.1. The van der Waals surface area contributed by atoms with Gasteiger partial charge in [0.15, 0.2) is 6.10 Å². The molecule has 6 nitrogen and oxygen atoms in total. The van der Waals surface area contributed by atoms with Gasteiger partial charge in [-0.3, -0.25) is 9.59 Å². The third-order valence-corrected chi connectivity index (χ3v) is 7.02. The number of H-pyrrole nitrogens is 1. The summed E-state index contributed by atoms with van der Waals surface area (Å²) in [7, 11) is 0. The maximum absolute atomic E-state index is 13.1. The van der Waals surface area contributed by atoms with Gasteiger partial charge < -0.3 is 15.0 Å². The second-order valence-corrected chi connectivity index (χ2v) is 9.52. The number of aromatic nitrogens is 2. The fraction of sp³-hybridized carbons (Fsp3) is 0.320. The number of aryl methyl sites for hydroxylation is 1. The molecule has 0 spiro atoms. The Morgan fingerprint density at radius 3 is 2.66 bits per heavy atom. The normalized spacial score (nSPS) is 17.9. The highest BCUT2D eigenvalue weighted by Crippen LogP contribution is 2.51. The summed E-state index contributed by atoms with van der Waals surface area (Å²) in [5, 5.41) is 10.6. The molecule has 2 aromatic carbocycles. The topological polar surface area (TPSA) is 86.3 Å². The summed E-state index contributed by atoms with van der Waals surface area (Å²) in [6.07, 6.45) is 1.98. The van der Waals surface area contributed by atoms with E-state index >= 15 is 0 Å². The van der Waals surface area contributed by atoms with E-state index in [1.165, 1.54) is 5.56 Å². The standard InChI is InChI=1S/C25H24BrN3O3/c26-18-9-4-6-16(14-18)21(30)23(32)29-13-5-10-20-19(15-29)22(31)28-24(27-20)25(11-12-25)17-7-2-1-3-8-17/h1-4,6-9,14,21,30H,5,10-13,15H2,(H,27,28,31)/t21-/m1/s1. The van der Waals surface area contributed by atoms with Crippen LogP contribution < -0.4 is 5.56 Å². The molecule has 32 heavy (non-hydrogen) atoms. The number of fused-ring (bicyclic) bond motifs is 1. The molecule has 2 heterocycles. The Labute approximate surface area is 194 Å². The van der Waals surface area contributed by atoms with E-state index in [2.05, 4.69) is 33.0 Å². The number of aliphatic hydroxyl groups excluding tert-OH is 1. The number of amides is 1. The Morgan fingerprint density at radius 2 is 1.94 bits per heavy atom. The summed E-state index contributed by atoms with van der Waals surface area (Å²) in [5.74, 6) is 0.323. The molecule has 5 rings (SSSR count). The third-order valence-electron chi connectivity index (χ3n) is 6.53. The number of aromatic amines is 1. The number of hydrogen-bond donors (Lipinski definition) is 2. The Balaban J connectivity index is 1.43.